The molecule has 2 rings (SSSR count). The van der Waals surface area contributed by atoms with Crippen LogP contribution in [-0.2, 0) is 4.79 Å². The van der Waals surface area contributed by atoms with Gasteiger partial charge in [-0.1, -0.05) is 13.8 Å². The van der Waals surface area contributed by atoms with Crippen LogP contribution in [0.15, 0.2) is 12.4 Å². The van der Waals surface area contributed by atoms with Gasteiger partial charge >= 0.3 is 5.97 Å². The molecule has 0 amide bonds. The predicted molar refractivity (Wildman–Crippen MR) is 85.6 cm³/mol. The molecule has 1 aromatic heterocycles. The van der Waals surface area contributed by atoms with Crippen LogP contribution in [0.4, 0.5) is 5.82 Å². The summed E-state index contributed by atoms with van der Waals surface area (Å²) in [7, 11) is 1.51. The number of aliphatic hydroxyl groups is 1. The Morgan fingerprint density at radius 1 is 1.48 bits per heavy atom. The summed E-state index contributed by atoms with van der Waals surface area (Å²) < 4.78 is 5.23. The summed E-state index contributed by atoms with van der Waals surface area (Å²) >= 11 is 0. The maximum absolute atomic E-state index is 12.0. The van der Waals surface area contributed by atoms with Crippen molar-refractivity contribution in [2.75, 3.05) is 25.1 Å². The Labute approximate surface area is 136 Å². The fourth-order valence-electron chi connectivity index (χ4n) is 3.05. The molecule has 0 aromatic carbocycles. The Kier molecular flexibility index (Phi) is 5.41. The van der Waals surface area contributed by atoms with Crippen molar-refractivity contribution >= 4 is 11.8 Å². The molecule has 23 heavy (non-hydrogen) atoms. The summed E-state index contributed by atoms with van der Waals surface area (Å²) in [6.45, 7) is 4.82. The second kappa shape index (κ2) is 7.12. The van der Waals surface area contributed by atoms with E-state index < -0.39 is 17.5 Å². The van der Waals surface area contributed by atoms with Gasteiger partial charge in [-0.05, 0) is 25.2 Å². The van der Waals surface area contributed by atoms with E-state index in [-0.39, 0.29) is 6.54 Å². The van der Waals surface area contributed by atoms with Crippen molar-refractivity contribution in [1.82, 2.24) is 9.97 Å². The third-order valence-corrected chi connectivity index (χ3v) is 4.52. The van der Waals surface area contributed by atoms with Gasteiger partial charge in [0.25, 0.3) is 5.88 Å². The van der Waals surface area contributed by atoms with Crippen LogP contribution in [0.25, 0.3) is 0 Å². The van der Waals surface area contributed by atoms with Crippen LogP contribution in [0.5, 0.6) is 5.88 Å². The molecule has 7 nitrogen and oxygen atoms in total. The van der Waals surface area contributed by atoms with Crippen LogP contribution in [0, 0.1) is 11.3 Å². The van der Waals surface area contributed by atoms with Gasteiger partial charge in [0.15, 0.2) is 5.82 Å². The number of carbonyl (C=O) groups is 1. The van der Waals surface area contributed by atoms with Crippen LogP contribution in [0.2, 0.25) is 0 Å². The summed E-state index contributed by atoms with van der Waals surface area (Å²) in [5.74, 6) is 0.308. The first kappa shape index (κ1) is 17.5. The molecule has 1 saturated heterocycles. The Balaban J connectivity index is 2.30. The molecule has 1 fully saturated rings. The van der Waals surface area contributed by atoms with E-state index in [4.69, 9.17) is 4.74 Å². The van der Waals surface area contributed by atoms with E-state index in [0.29, 0.717) is 37.0 Å². The maximum Gasteiger partial charge on any atom is 0.314 e. The Bertz CT molecular complexity index is 552. The summed E-state index contributed by atoms with van der Waals surface area (Å²) in [5, 5.41) is 20.2. The highest BCUT2D eigenvalue weighted by Crippen LogP contribution is 2.39. The van der Waals surface area contributed by atoms with E-state index in [2.05, 4.69) is 9.97 Å². The van der Waals surface area contributed by atoms with Crippen LogP contribution in [-0.4, -0.2) is 52.5 Å². The Morgan fingerprint density at radius 3 is 2.78 bits per heavy atom. The smallest absolute Gasteiger partial charge is 0.314 e. The zero-order valence-corrected chi connectivity index (χ0v) is 13.9. The highest BCUT2D eigenvalue weighted by atomic mass is 16.5. The third-order valence-electron chi connectivity index (χ3n) is 4.52. The largest absolute Gasteiger partial charge is 0.481 e. The summed E-state index contributed by atoms with van der Waals surface area (Å²) in [4.78, 5) is 22.2. The molecule has 0 aliphatic carbocycles. The first-order valence-corrected chi connectivity index (χ1v) is 7.92. The van der Waals surface area contributed by atoms with Crippen molar-refractivity contribution in [1.29, 1.82) is 0 Å². The molecule has 0 spiro atoms. The highest BCUT2D eigenvalue weighted by Gasteiger charge is 2.49. The molecule has 0 radical (unpaired) electrons. The van der Waals surface area contributed by atoms with Crippen molar-refractivity contribution < 1.29 is 19.7 Å². The van der Waals surface area contributed by atoms with Gasteiger partial charge < -0.3 is 19.8 Å². The topological polar surface area (TPSA) is 95.8 Å². The lowest BCUT2D eigenvalue weighted by Gasteiger charge is -2.44. The number of anilines is 1. The first-order valence-electron chi connectivity index (χ1n) is 7.92. The van der Waals surface area contributed by atoms with Crippen LogP contribution < -0.4 is 9.64 Å². The molecule has 128 valence electrons. The van der Waals surface area contributed by atoms with Crippen molar-refractivity contribution in [3.63, 3.8) is 0 Å². The number of carboxylic acid groups (broad SMARTS) is 1. The van der Waals surface area contributed by atoms with E-state index in [0.717, 1.165) is 6.42 Å². The monoisotopic (exact) mass is 323 g/mol. The standard InChI is InChI=1S/C16H25N3O4/c1-11(2)4-6-16(15(21)22)10-19(9-5-12(16)20)13-14(23-3)18-8-7-17-13/h7-8,11-12,20H,4-6,9-10H2,1-3H3,(H,21,22)/t12-,16-/m1/s1. The molecule has 0 bridgehead atoms. The lowest BCUT2D eigenvalue weighted by molar-refractivity contribution is -0.158. The minimum atomic E-state index is -1.19. The molecule has 1 aliphatic rings. The number of aliphatic hydroxyl groups excluding tert-OH is 1. The second-order valence-electron chi connectivity index (χ2n) is 6.51. The van der Waals surface area contributed by atoms with Gasteiger partial charge in [-0.3, -0.25) is 4.79 Å². The van der Waals surface area contributed by atoms with Crippen molar-refractivity contribution in [2.24, 2.45) is 11.3 Å². The number of methoxy groups -OCH3 is 1. The van der Waals surface area contributed by atoms with E-state index in [1.165, 1.54) is 13.3 Å². The second-order valence-corrected chi connectivity index (χ2v) is 6.51. The molecule has 7 heteroatoms. The highest BCUT2D eigenvalue weighted by molar-refractivity contribution is 5.77. The van der Waals surface area contributed by atoms with Gasteiger partial charge in [0.05, 0.1) is 13.2 Å². The molecular formula is C16H25N3O4. The van der Waals surface area contributed by atoms with Crippen LogP contribution >= 0.6 is 0 Å². The van der Waals surface area contributed by atoms with Crippen molar-refractivity contribution in [2.45, 2.75) is 39.2 Å². The number of ether oxygens (including phenoxy) is 1. The first-order chi connectivity index (χ1) is 10.9. The van der Waals surface area contributed by atoms with Gasteiger partial charge in [0.2, 0.25) is 0 Å². The van der Waals surface area contributed by atoms with E-state index in [9.17, 15) is 15.0 Å². The predicted octanol–water partition coefficient (Wildman–Crippen LogP) is 1.56. The van der Waals surface area contributed by atoms with Gasteiger partial charge in [-0.2, -0.15) is 0 Å². The normalized spacial score (nSPS) is 24.7. The quantitative estimate of drug-likeness (QED) is 0.820. The summed E-state index contributed by atoms with van der Waals surface area (Å²) in [5.41, 5.74) is -1.19. The number of piperidine rings is 1. The fourth-order valence-corrected chi connectivity index (χ4v) is 3.05. The van der Waals surface area contributed by atoms with Crippen LogP contribution in [0.3, 0.4) is 0 Å². The minimum absolute atomic E-state index is 0.200. The number of hydrogen-bond donors (Lipinski definition) is 2. The molecule has 1 aromatic rings. The number of hydrogen-bond acceptors (Lipinski definition) is 6. The Hall–Kier alpha value is -1.89. The van der Waals surface area contributed by atoms with E-state index in [1.54, 1.807) is 6.20 Å². The number of nitrogens with zero attached hydrogens (tertiary/aromatic N) is 3. The summed E-state index contributed by atoms with van der Waals surface area (Å²) in [6, 6.07) is 0. The number of aliphatic carboxylic acids is 1. The average molecular weight is 323 g/mol. The van der Waals surface area contributed by atoms with Crippen molar-refractivity contribution in [3.05, 3.63) is 12.4 Å². The third kappa shape index (κ3) is 3.55. The maximum atomic E-state index is 12.0. The van der Waals surface area contributed by atoms with E-state index >= 15 is 0 Å². The zero-order chi connectivity index (χ0) is 17.0. The molecular weight excluding hydrogens is 298 g/mol. The minimum Gasteiger partial charge on any atom is -0.481 e. The Morgan fingerprint density at radius 2 is 2.17 bits per heavy atom. The van der Waals surface area contributed by atoms with Gasteiger partial charge in [0, 0.05) is 25.5 Å². The van der Waals surface area contributed by atoms with Crippen LogP contribution in [0.1, 0.15) is 33.1 Å². The molecule has 2 heterocycles. The number of aromatic nitrogens is 2. The lowest BCUT2D eigenvalue weighted by atomic mass is 9.73. The molecule has 0 saturated carbocycles. The van der Waals surface area contributed by atoms with Gasteiger partial charge in [-0.25, -0.2) is 9.97 Å². The number of carboxylic acids is 1. The van der Waals surface area contributed by atoms with Gasteiger partial charge in [-0.15, -0.1) is 0 Å². The fraction of sp³-hybridized carbons (Fsp3) is 0.688. The van der Waals surface area contributed by atoms with Crippen molar-refractivity contribution in [3.8, 4) is 5.88 Å². The summed E-state index contributed by atoms with van der Waals surface area (Å²) in [6.07, 6.45) is 3.78. The van der Waals surface area contributed by atoms with Gasteiger partial charge in [0.1, 0.15) is 5.41 Å². The molecule has 0 unspecified atom stereocenters. The molecule has 1 aliphatic heterocycles. The lowest BCUT2D eigenvalue weighted by Crippen LogP contribution is -2.56. The average Bonchev–Trinajstić information content (AvgIpc) is 2.54. The number of rotatable bonds is 6. The molecule has 2 atom stereocenters. The molecule has 2 N–H and O–H groups in total. The van der Waals surface area contributed by atoms with E-state index in [1.807, 2.05) is 18.7 Å². The SMILES string of the molecule is COc1nccnc1N1CC[C@@H](O)[C@](CCC(C)C)(C(=O)O)C1. The zero-order valence-electron chi connectivity index (χ0n) is 13.9.